The lowest BCUT2D eigenvalue weighted by Gasteiger charge is -2.34. The molecular weight excluding hydrogens is 314 g/mol. The summed E-state index contributed by atoms with van der Waals surface area (Å²) in [7, 11) is 0. The molecule has 1 aromatic rings. The third-order valence-electron chi connectivity index (χ3n) is 5.36. The van der Waals surface area contributed by atoms with Crippen molar-refractivity contribution >= 4 is 11.6 Å². The van der Waals surface area contributed by atoms with Crippen LogP contribution < -0.4 is 15.5 Å². The molecule has 138 valence electrons. The van der Waals surface area contributed by atoms with E-state index in [1.165, 1.54) is 11.3 Å². The number of nitrogens with one attached hydrogen (secondary N) is 2. The number of aliphatic hydroxyl groups excluding tert-OH is 1. The summed E-state index contributed by atoms with van der Waals surface area (Å²) in [5.74, 6) is 0.0320. The van der Waals surface area contributed by atoms with Crippen molar-refractivity contribution in [3.63, 3.8) is 0 Å². The van der Waals surface area contributed by atoms with Crippen molar-refractivity contribution in [1.29, 1.82) is 0 Å². The monoisotopic (exact) mass is 345 g/mol. The largest absolute Gasteiger partial charge is 0.392 e. The number of β-amino-alcohol motifs (C(OH)–C–C–N with tert-alkyl or cyclic N) is 1. The minimum absolute atomic E-state index is 0.0320. The van der Waals surface area contributed by atoms with Gasteiger partial charge in [-0.1, -0.05) is 32.9 Å². The molecule has 2 fully saturated rings. The maximum atomic E-state index is 12.2. The van der Waals surface area contributed by atoms with Crippen molar-refractivity contribution in [1.82, 2.24) is 10.6 Å². The summed E-state index contributed by atoms with van der Waals surface area (Å²) in [4.78, 5) is 14.6. The van der Waals surface area contributed by atoms with Crippen molar-refractivity contribution in [2.45, 2.75) is 63.6 Å². The average Bonchev–Trinajstić information content (AvgIpc) is 3.02. The molecule has 0 radical (unpaired) electrons. The molecule has 1 amide bonds. The standard InChI is InChI=1S/C20H31N3O2/c1-20(2,3)14-4-6-16(7-5-14)23-10-8-15(9-11-23)22-19(25)18-12-17(24)13-21-18/h4-7,15,17-18,21,24H,8-13H2,1-3H3,(H,22,25). The van der Waals surface area contributed by atoms with Crippen LogP contribution in [0.1, 0.15) is 45.6 Å². The summed E-state index contributed by atoms with van der Waals surface area (Å²) in [5.41, 5.74) is 2.79. The van der Waals surface area contributed by atoms with Gasteiger partial charge in [0.25, 0.3) is 0 Å². The first-order valence-electron chi connectivity index (χ1n) is 9.40. The lowest BCUT2D eigenvalue weighted by molar-refractivity contribution is -0.123. The molecule has 2 aliphatic heterocycles. The molecule has 0 spiro atoms. The van der Waals surface area contributed by atoms with Crippen LogP contribution in [0, 0.1) is 0 Å². The number of amides is 1. The maximum Gasteiger partial charge on any atom is 0.237 e. The summed E-state index contributed by atoms with van der Waals surface area (Å²) < 4.78 is 0. The Kier molecular flexibility index (Phi) is 5.35. The SMILES string of the molecule is CC(C)(C)c1ccc(N2CCC(NC(=O)C3CC(O)CN3)CC2)cc1. The molecular formula is C20H31N3O2. The first kappa shape index (κ1) is 18.2. The number of carbonyl (C=O) groups is 1. The molecule has 2 saturated heterocycles. The second kappa shape index (κ2) is 7.34. The molecule has 25 heavy (non-hydrogen) atoms. The summed E-state index contributed by atoms with van der Waals surface area (Å²) in [6.45, 7) is 9.12. The third-order valence-corrected chi connectivity index (χ3v) is 5.36. The van der Waals surface area contributed by atoms with E-state index < -0.39 is 6.10 Å². The van der Waals surface area contributed by atoms with Gasteiger partial charge in [0.15, 0.2) is 0 Å². The molecule has 2 heterocycles. The van der Waals surface area contributed by atoms with Gasteiger partial charge in [-0.05, 0) is 42.4 Å². The zero-order chi connectivity index (χ0) is 18.0. The van der Waals surface area contributed by atoms with Crippen LogP contribution in [0.25, 0.3) is 0 Å². The van der Waals surface area contributed by atoms with Crippen LogP contribution in [0.3, 0.4) is 0 Å². The smallest absolute Gasteiger partial charge is 0.237 e. The predicted molar refractivity (Wildman–Crippen MR) is 101 cm³/mol. The highest BCUT2D eigenvalue weighted by molar-refractivity contribution is 5.82. The van der Waals surface area contributed by atoms with Gasteiger partial charge in [-0.3, -0.25) is 4.79 Å². The van der Waals surface area contributed by atoms with Crippen molar-refractivity contribution in [2.75, 3.05) is 24.5 Å². The Morgan fingerprint density at radius 2 is 1.84 bits per heavy atom. The number of aliphatic hydroxyl groups is 1. The van der Waals surface area contributed by atoms with Crippen LogP contribution in [0.15, 0.2) is 24.3 Å². The van der Waals surface area contributed by atoms with Gasteiger partial charge >= 0.3 is 0 Å². The van der Waals surface area contributed by atoms with Crippen molar-refractivity contribution in [2.24, 2.45) is 0 Å². The molecule has 5 heteroatoms. The van der Waals surface area contributed by atoms with Gasteiger partial charge < -0.3 is 20.6 Å². The van der Waals surface area contributed by atoms with Crippen LogP contribution in [0.2, 0.25) is 0 Å². The number of rotatable bonds is 3. The van der Waals surface area contributed by atoms with E-state index in [4.69, 9.17) is 0 Å². The highest BCUT2D eigenvalue weighted by Crippen LogP contribution is 2.26. The minimum atomic E-state index is -0.395. The van der Waals surface area contributed by atoms with Gasteiger partial charge in [0.05, 0.1) is 12.1 Å². The number of nitrogens with zero attached hydrogens (tertiary/aromatic N) is 1. The summed E-state index contributed by atoms with van der Waals surface area (Å²) in [6.07, 6.45) is 2.04. The highest BCUT2D eigenvalue weighted by Gasteiger charge is 2.30. The molecule has 0 aliphatic carbocycles. The molecule has 2 unspecified atom stereocenters. The number of hydrogen-bond donors (Lipinski definition) is 3. The lowest BCUT2D eigenvalue weighted by atomic mass is 9.87. The Balaban J connectivity index is 1.49. The maximum absolute atomic E-state index is 12.2. The first-order valence-corrected chi connectivity index (χ1v) is 9.40. The lowest BCUT2D eigenvalue weighted by Crippen LogP contribution is -2.49. The van der Waals surface area contributed by atoms with Crippen molar-refractivity contribution in [3.05, 3.63) is 29.8 Å². The fraction of sp³-hybridized carbons (Fsp3) is 0.650. The minimum Gasteiger partial charge on any atom is -0.392 e. The summed E-state index contributed by atoms with van der Waals surface area (Å²) >= 11 is 0. The van der Waals surface area contributed by atoms with Gasteiger partial charge in [-0.15, -0.1) is 0 Å². The van der Waals surface area contributed by atoms with Gasteiger partial charge in [-0.2, -0.15) is 0 Å². The normalized spacial score (nSPS) is 25.2. The number of anilines is 1. The second-order valence-electron chi connectivity index (χ2n) is 8.42. The molecule has 3 N–H and O–H groups in total. The Morgan fingerprint density at radius 1 is 1.20 bits per heavy atom. The average molecular weight is 345 g/mol. The molecule has 2 atom stereocenters. The highest BCUT2D eigenvalue weighted by atomic mass is 16.3. The number of benzene rings is 1. The van der Waals surface area contributed by atoms with Crippen LogP contribution in [-0.2, 0) is 10.2 Å². The fourth-order valence-corrected chi connectivity index (χ4v) is 3.67. The van der Waals surface area contributed by atoms with Gasteiger partial charge in [0.2, 0.25) is 5.91 Å². The van der Waals surface area contributed by atoms with Crippen LogP contribution >= 0.6 is 0 Å². The molecule has 5 nitrogen and oxygen atoms in total. The Hall–Kier alpha value is -1.59. The number of piperidine rings is 1. The fourth-order valence-electron chi connectivity index (χ4n) is 3.67. The predicted octanol–water partition coefficient (Wildman–Crippen LogP) is 1.79. The quantitative estimate of drug-likeness (QED) is 0.782. The van der Waals surface area contributed by atoms with Crippen LogP contribution in [0.5, 0.6) is 0 Å². The molecule has 2 aliphatic rings. The van der Waals surface area contributed by atoms with E-state index in [9.17, 15) is 9.90 Å². The van der Waals surface area contributed by atoms with E-state index in [1.807, 2.05) is 0 Å². The van der Waals surface area contributed by atoms with Crippen LogP contribution in [-0.4, -0.2) is 48.8 Å². The molecule has 0 bridgehead atoms. The van der Waals surface area contributed by atoms with Crippen molar-refractivity contribution < 1.29 is 9.90 Å². The van der Waals surface area contributed by atoms with Gasteiger partial charge in [0.1, 0.15) is 0 Å². The van der Waals surface area contributed by atoms with E-state index in [0.29, 0.717) is 13.0 Å². The second-order valence-corrected chi connectivity index (χ2v) is 8.42. The van der Waals surface area contributed by atoms with Crippen LogP contribution in [0.4, 0.5) is 5.69 Å². The molecule has 0 aromatic heterocycles. The number of hydrogen-bond acceptors (Lipinski definition) is 4. The van der Waals surface area contributed by atoms with Gasteiger partial charge in [0, 0.05) is 31.4 Å². The molecule has 0 saturated carbocycles. The zero-order valence-electron chi connectivity index (χ0n) is 15.6. The summed E-state index contributed by atoms with van der Waals surface area (Å²) in [6, 6.07) is 8.86. The first-order chi connectivity index (χ1) is 11.8. The Labute approximate surface area is 150 Å². The molecule has 1 aromatic carbocycles. The van der Waals surface area contributed by atoms with E-state index >= 15 is 0 Å². The van der Waals surface area contributed by atoms with E-state index in [1.54, 1.807) is 0 Å². The van der Waals surface area contributed by atoms with Gasteiger partial charge in [-0.25, -0.2) is 0 Å². The molecule has 3 rings (SSSR count). The Morgan fingerprint density at radius 3 is 2.36 bits per heavy atom. The Bertz CT molecular complexity index is 586. The van der Waals surface area contributed by atoms with E-state index in [0.717, 1.165) is 25.9 Å². The topological polar surface area (TPSA) is 64.6 Å². The number of carbonyl (C=O) groups excluding carboxylic acids is 1. The van der Waals surface area contributed by atoms with E-state index in [-0.39, 0.29) is 23.4 Å². The van der Waals surface area contributed by atoms with Crippen molar-refractivity contribution in [3.8, 4) is 0 Å². The summed E-state index contributed by atoms with van der Waals surface area (Å²) in [5, 5.41) is 15.8. The van der Waals surface area contributed by atoms with E-state index in [2.05, 4.69) is 60.6 Å². The third kappa shape index (κ3) is 4.53. The zero-order valence-corrected chi connectivity index (χ0v) is 15.6.